The van der Waals surface area contributed by atoms with Crippen LogP contribution in [0.25, 0.3) is 44.5 Å². The van der Waals surface area contributed by atoms with Gasteiger partial charge in [-0.25, -0.2) is 0 Å². The summed E-state index contributed by atoms with van der Waals surface area (Å²) in [5, 5.41) is 2.31. The SMILES string of the molecule is CC(C)(C)c1ccc(Cc2cc(-c3ccc(-c4ccccc4)cc3)cc(Cl)c2Cl)cc1.CC(C)(C)c1ccc(N)cc1.Clc1cc(-c2ccc(-c3ccccc3)cc2)cc(Br)c1Cl. The Labute approximate surface area is 403 Å². The van der Waals surface area contributed by atoms with Gasteiger partial charge in [0, 0.05) is 10.2 Å². The molecule has 6 heteroatoms. The van der Waals surface area contributed by atoms with E-state index in [1.807, 2.05) is 54.6 Å². The second-order valence-corrected chi connectivity index (χ2v) is 20.0. The zero-order valence-corrected chi connectivity index (χ0v) is 41.1. The van der Waals surface area contributed by atoms with Gasteiger partial charge in [-0.3, -0.25) is 0 Å². The smallest absolute Gasteiger partial charge is 0.0734 e. The Morgan fingerprint density at radius 3 is 1.14 bits per heavy atom. The van der Waals surface area contributed by atoms with Gasteiger partial charge >= 0.3 is 0 Å². The van der Waals surface area contributed by atoms with Gasteiger partial charge in [0.25, 0.3) is 0 Å². The molecule has 0 unspecified atom stereocenters. The monoisotopic (exact) mass is 969 g/mol. The van der Waals surface area contributed by atoms with Crippen LogP contribution in [-0.2, 0) is 17.3 Å². The first kappa shape index (κ1) is 47.7. The van der Waals surface area contributed by atoms with Gasteiger partial charge in [0.2, 0.25) is 0 Å². The maximum atomic E-state index is 6.58. The van der Waals surface area contributed by atoms with Gasteiger partial charge in [0.1, 0.15) is 0 Å². The number of nitrogen functional groups attached to an aromatic ring is 1. The predicted molar refractivity (Wildman–Crippen MR) is 280 cm³/mol. The predicted octanol–water partition coefficient (Wildman–Crippen LogP) is 18.9. The quantitative estimate of drug-likeness (QED) is 0.130. The molecule has 0 amide bonds. The first-order valence-electron chi connectivity index (χ1n) is 20.9. The van der Waals surface area contributed by atoms with Crippen LogP contribution in [0.1, 0.15) is 63.8 Å². The van der Waals surface area contributed by atoms with Crippen molar-refractivity contribution >= 4 is 68.0 Å². The van der Waals surface area contributed by atoms with E-state index in [1.54, 1.807) is 0 Å². The summed E-state index contributed by atoms with van der Waals surface area (Å²) in [6.45, 7) is 13.3. The molecule has 0 spiro atoms. The Bertz CT molecular complexity index is 2690. The van der Waals surface area contributed by atoms with Gasteiger partial charge in [0.05, 0.1) is 20.1 Å². The molecular weight excluding hydrogens is 920 g/mol. The topological polar surface area (TPSA) is 26.0 Å². The van der Waals surface area contributed by atoms with Crippen molar-refractivity contribution in [3.63, 3.8) is 0 Å². The molecule has 0 atom stereocenters. The molecule has 0 aliphatic rings. The van der Waals surface area contributed by atoms with E-state index < -0.39 is 0 Å². The molecule has 8 aromatic rings. The van der Waals surface area contributed by atoms with Crippen LogP contribution >= 0.6 is 62.3 Å². The van der Waals surface area contributed by atoms with Crippen molar-refractivity contribution in [3.05, 3.63) is 229 Å². The molecule has 0 fully saturated rings. The second kappa shape index (κ2) is 21.3. The number of anilines is 1. The van der Waals surface area contributed by atoms with Crippen LogP contribution in [0.15, 0.2) is 186 Å². The molecule has 0 aromatic heterocycles. The molecular formula is C57H52BrCl4N. The molecule has 0 aliphatic carbocycles. The highest BCUT2D eigenvalue weighted by Gasteiger charge is 2.15. The molecule has 320 valence electrons. The van der Waals surface area contributed by atoms with E-state index in [0.717, 1.165) is 44.4 Å². The van der Waals surface area contributed by atoms with Gasteiger partial charge < -0.3 is 5.73 Å². The highest BCUT2D eigenvalue weighted by atomic mass is 79.9. The zero-order chi connectivity index (χ0) is 45.3. The molecule has 0 saturated carbocycles. The molecule has 0 saturated heterocycles. The van der Waals surface area contributed by atoms with Crippen molar-refractivity contribution in [3.8, 4) is 44.5 Å². The normalized spacial score (nSPS) is 11.2. The van der Waals surface area contributed by atoms with E-state index in [2.05, 4.69) is 185 Å². The van der Waals surface area contributed by atoms with Gasteiger partial charge in [-0.1, -0.05) is 234 Å². The van der Waals surface area contributed by atoms with Gasteiger partial charge in [-0.2, -0.15) is 0 Å². The van der Waals surface area contributed by atoms with Crippen molar-refractivity contribution in [2.24, 2.45) is 0 Å². The third kappa shape index (κ3) is 13.1. The highest BCUT2D eigenvalue weighted by molar-refractivity contribution is 9.10. The molecule has 8 aromatic carbocycles. The average Bonchev–Trinajstić information content (AvgIpc) is 3.28. The summed E-state index contributed by atoms with van der Waals surface area (Å²) >= 11 is 28.7. The second-order valence-electron chi connectivity index (χ2n) is 17.6. The molecule has 63 heavy (non-hydrogen) atoms. The largest absolute Gasteiger partial charge is 0.399 e. The maximum Gasteiger partial charge on any atom is 0.0734 e. The lowest BCUT2D eigenvalue weighted by Gasteiger charge is -2.19. The Morgan fingerprint density at radius 1 is 0.397 bits per heavy atom. The van der Waals surface area contributed by atoms with Crippen LogP contribution in [0.5, 0.6) is 0 Å². The first-order valence-corrected chi connectivity index (χ1v) is 23.2. The van der Waals surface area contributed by atoms with E-state index in [9.17, 15) is 0 Å². The summed E-state index contributed by atoms with van der Waals surface area (Å²) in [5.41, 5.74) is 20.9. The third-order valence-electron chi connectivity index (χ3n) is 10.7. The lowest BCUT2D eigenvalue weighted by Crippen LogP contribution is -2.10. The fourth-order valence-electron chi connectivity index (χ4n) is 6.96. The lowest BCUT2D eigenvalue weighted by molar-refractivity contribution is 0.590. The number of rotatable bonds is 6. The van der Waals surface area contributed by atoms with Crippen LogP contribution < -0.4 is 5.73 Å². The average molecular weight is 973 g/mol. The van der Waals surface area contributed by atoms with Crippen LogP contribution in [-0.4, -0.2) is 0 Å². The summed E-state index contributed by atoms with van der Waals surface area (Å²) in [4.78, 5) is 0. The molecule has 0 radical (unpaired) electrons. The lowest BCUT2D eigenvalue weighted by atomic mass is 9.86. The number of nitrogens with two attached hydrogens (primary N) is 1. The Morgan fingerprint density at radius 2 is 0.746 bits per heavy atom. The number of hydrogen-bond donors (Lipinski definition) is 1. The van der Waals surface area contributed by atoms with E-state index in [1.165, 1.54) is 38.9 Å². The van der Waals surface area contributed by atoms with Crippen molar-refractivity contribution in [1.82, 2.24) is 0 Å². The molecule has 0 heterocycles. The molecule has 0 aliphatic heterocycles. The Kier molecular flexibility index (Phi) is 16.1. The summed E-state index contributed by atoms with van der Waals surface area (Å²) in [7, 11) is 0. The maximum absolute atomic E-state index is 6.58. The molecule has 8 rings (SSSR count). The van der Waals surface area contributed by atoms with Crippen molar-refractivity contribution in [2.75, 3.05) is 5.73 Å². The number of hydrogen-bond acceptors (Lipinski definition) is 1. The van der Waals surface area contributed by atoms with E-state index >= 15 is 0 Å². The minimum Gasteiger partial charge on any atom is -0.399 e. The molecule has 0 bridgehead atoms. The van der Waals surface area contributed by atoms with Gasteiger partial charge in [-0.05, 0) is 136 Å². The first-order chi connectivity index (χ1) is 30.0. The summed E-state index contributed by atoms with van der Waals surface area (Å²) in [5.74, 6) is 0. The van der Waals surface area contributed by atoms with E-state index in [0.29, 0.717) is 20.1 Å². The van der Waals surface area contributed by atoms with Crippen LogP contribution in [0.2, 0.25) is 20.1 Å². The standard InChI is InChI=1S/C29H26Cl2.C18H11BrCl2.C10H15N/c1-29(2,3)26-15-9-20(10-16-26)17-25-18-24(19-27(30)28(25)31)23-13-11-22(12-14-23)21-7-5-4-6-8-21;19-16-10-15(11-17(20)18(16)21)14-8-6-13(7-9-14)12-4-2-1-3-5-12;1-10(2,3)8-4-6-9(11)7-5-8/h4-16,18-19H,17H2,1-3H3;1-11H;4-7H,11H2,1-3H3. The van der Waals surface area contributed by atoms with Crippen LogP contribution in [0.3, 0.4) is 0 Å². The summed E-state index contributed by atoms with van der Waals surface area (Å²) in [6, 6.07) is 62.5. The summed E-state index contributed by atoms with van der Waals surface area (Å²) < 4.78 is 0.804. The Hall–Kier alpha value is -4.80. The zero-order valence-electron chi connectivity index (χ0n) is 36.5. The van der Waals surface area contributed by atoms with Crippen LogP contribution in [0, 0.1) is 0 Å². The fourth-order valence-corrected chi connectivity index (χ4v) is 8.28. The van der Waals surface area contributed by atoms with Crippen LogP contribution in [0.4, 0.5) is 5.69 Å². The van der Waals surface area contributed by atoms with Crippen molar-refractivity contribution in [1.29, 1.82) is 0 Å². The molecule has 1 nitrogen and oxygen atoms in total. The van der Waals surface area contributed by atoms with Crippen molar-refractivity contribution in [2.45, 2.75) is 58.8 Å². The highest BCUT2D eigenvalue weighted by Crippen LogP contribution is 2.37. The third-order valence-corrected chi connectivity index (χ3v) is 13.2. The minimum absolute atomic E-state index is 0.144. The number of benzene rings is 8. The summed E-state index contributed by atoms with van der Waals surface area (Å²) in [6.07, 6.45) is 0.749. The van der Waals surface area contributed by atoms with Crippen molar-refractivity contribution < 1.29 is 0 Å². The minimum atomic E-state index is 0.144. The Balaban J connectivity index is 0.000000177. The van der Waals surface area contributed by atoms with E-state index in [4.69, 9.17) is 52.1 Å². The molecule has 2 N–H and O–H groups in total. The van der Waals surface area contributed by atoms with Gasteiger partial charge in [0.15, 0.2) is 0 Å². The fraction of sp³-hybridized carbons (Fsp3) is 0.158. The van der Waals surface area contributed by atoms with Gasteiger partial charge in [-0.15, -0.1) is 0 Å². The number of halogens is 5. The van der Waals surface area contributed by atoms with E-state index in [-0.39, 0.29) is 10.8 Å².